The lowest BCUT2D eigenvalue weighted by molar-refractivity contribution is 0.298. The minimum Gasteiger partial charge on any atom is -0.357 e. The fraction of sp³-hybridized carbons (Fsp3) is 0.333. The molecule has 4 rings (SSSR count). The average molecular weight is 409 g/mol. The average Bonchev–Trinajstić information content (AvgIpc) is 3.05. The minimum absolute atomic E-state index is 0.238. The molecule has 0 spiro atoms. The van der Waals surface area contributed by atoms with Crippen LogP contribution in [0.25, 0.3) is 10.9 Å². The Morgan fingerprint density at radius 2 is 1.76 bits per heavy atom. The fourth-order valence-corrected chi connectivity index (χ4v) is 5.67. The molecule has 0 saturated carbocycles. The highest BCUT2D eigenvalue weighted by molar-refractivity contribution is 7.89. The number of hydrogen-bond acceptors (Lipinski definition) is 2. The molecule has 1 aliphatic heterocycles. The molecule has 1 aliphatic rings. The van der Waals surface area contributed by atoms with Crippen LogP contribution in [0.1, 0.15) is 43.6 Å². The molecule has 2 heterocycles. The number of sulfonamides is 1. The van der Waals surface area contributed by atoms with Crippen LogP contribution in [0.2, 0.25) is 0 Å². The number of H-pyrrole nitrogens is 1. The Bertz CT molecular complexity index is 1180. The summed E-state index contributed by atoms with van der Waals surface area (Å²) < 4.78 is 28.9. The Labute approximate surface area is 173 Å². The van der Waals surface area contributed by atoms with E-state index in [0.29, 0.717) is 17.9 Å². The molecule has 0 aliphatic carbocycles. The van der Waals surface area contributed by atoms with Gasteiger partial charge in [0.05, 0.1) is 10.9 Å². The van der Waals surface area contributed by atoms with Gasteiger partial charge in [0, 0.05) is 23.1 Å². The second-order valence-corrected chi connectivity index (χ2v) is 10.8. The lowest BCUT2D eigenvalue weighted by atomic mass is 9.80. The summed E-state index contributed by atoms with van der Waals surface area (Å²) in [5, 5.41) is 1.17. The molecule has 29 heavy (non-hydrogen) atoms. The van der Waals surface area contributed by atoms with Crippen LogP contribution in [-0.4, -0.2) is 24.3 Å². The zero-order valence-electron chi connectivity index (χ0n) is 17.5. The van der Waals surface area contributed by atoms with E-state index in [0.717, 1.165) is 22.3 Å². The molecule has 2 aromatic carbocycles. The number of nitrogens with zero attached hydrogens (tertiary/aromatic N) is 1. The van der Waals surface area contributed by atoms with Gasteiger partial charge in [-0.15, -0.1) is 0 Å². The zero-order chi connectivity index (χ0) is 21.0. The first kappa shape index (κ1) is 19.9. The third kappa shape index (κ3) is 3.32. The van der Waals surface area contributed by atoms with Gasteiger partial charge in [-0.1, -0.05) is 63.2 Å². The van der Waals surface area contributed by atoms with Crippen LogP contribution in [0.3, 0.4) is 0 Å². The maximum atomic E-state index is 13.6. The molecule has 0 unspecified atom stereocenters. The van der Waals surface area contributed by atoms with Crippen LogP contribution in [0.4, 0.5) is 0 Å². The molecule has 1 atom stereocenters. The number of aryl methyl sites for hydroxylation is 1. The lowest BCUT2D eigenvalue weighted by Crippen LogP contribution is -2.42. The van der Waals surface area contributed by atoms with E-state index in [1.807, 2.05) is 37.3 Å². The number of aromatic amines is 1. The van der Waals surface area contributed by atoms with Crippen LogP contribution in [0.5, 0.6) is 0 Å². The molecule has 0 radical (unpaired) electrons. The molecule has 1 N–H and O–H groups in total. The van der Waals surface area contributed by atoms with E-state index in [2.05, 4.69) is 38.4 Å². The second-order valence-electron chi connectivity index (χ2n) is 8.92. The highest BCUT2D eigenvalue weighted by atomic mass is 32.2. The first-order valence-corrected chi connectivity index (χ1v) is 11.4. The van der Waals surface area contributed by atoms with Gasteiger partial charge in [-0.25, -0.2) is 8.42 Å². The molecule has 5 heteroatoms. The van der Waals surface area contributed by atoms with Gasteiger partial charge >= 0.3 is 0 Å². The molecule has 1 aromatic heterocycles. The summed E-state index contributed by atoms with van der Waals surface area (Å²) in [4.78, 5) is 3.84. The van der Waals surface area contributed by atoms with E-state index in [4.69, 9.17) is 0 Å². The summed E-state index contributed by atoms with van der Waals surface area (Å²) in [7, 11) is -3.66. The van der Waals surface area contributed by atoms with Crippen molar-refractivity contribution in [2.75, 3.05) is 6.54 Å². The van der Waals surface area contributed by atoms with E-state index in [1.54, 1.807) is 16.4 Å². The van der Waals surface area contributed by atoms with Crippen molar-refractivity contribution in [2.24, 2.45) is 5.41 Å². The van der Waals surface area contributed by atoms with Gasteiger partial charge in [0.25, 0.3) is 0 Å². The van der Waals surface area contributed by atoms with Crippen molar-refractivity contribution in [3.05, 3.63) is 77.5 Å². The van der Waals surface area contributed by atoms with Gasteiger partial charge < -0.3 is 4.98 Å². The van der Waals surface area contributed by atoms with Crippen molar-refractivity contribution in [3.63, 3.8) is 0 Å². The Hall–Kier alpha value is -2.37. The van der Waals surface area contributed by atoms with E-state index < -0.39 is 16.1 Å². The Morgan fingerprint density at radius 3 is 2.41 bits per heavy atom. The summed E-state index contributed by atoms with van der Waals surface area (Å²) in [6.45, 7) is 13.0. The van der Waals surface area contributed by atoms with Crippen molar-refractivity contribution in [1.29, 1.82) is 0 Å². The number of fused-ring (bicyclic) bond motifs is 3. The Morgan fingerprint density at radius 1 is 1.10 bits per heavy atom. The highest BCUT2D eigenvalue weighted by Gasteiger charge is 2.42. The number of hydrogen-bond donors (Lipinski definition) is 1. The predicted octanol–water partition coefficient (Wildman–Crippen LogP) is 5.37. The molecular weight excluding hydrogens is 380 g/mol. The summed E-state index contributed by atoms with van der Waals surface area (Å²) >= 11 is 0. The summed E-state index contributed by atoms with van der Waals surface area (Å²) in [5.74, 6) is 0. The first-order valence-electron chi connectivity index (χ1n) is 9.98. The third-order valence-corrected chi connectivity index (χ3v) is 7.79. The molecule has 3 aromatic rings. The first-order chi connectivity index (χ1) is 13.6. The van der Waals surface area contributed by atoms with Gasteiger partial charge in [-0.05, 0) is 48.1 Å². The molecular formula is C24H28N2O2S. The Balaban J connectivity index is 1.90. The lowest BCUT2D eigenvalue weighted by Gasteiger charge is -2.40. The normalized spacial score (nSPS) is 18.0. The maximum absolute atomic E-state index is 13.6. The standard InChI is InChI=1S/C24H28N2O2S/c1-16-10-12-18(13-11-16)29(27,28)26-15-14-20-19-8-6-7-9-21(19)25-22(20)23(26)17(2)24(3,4)5/h6-13,23,25H,2,14-15H2,1,3-5H3/t23-/m1/s1. The minimum atomic E-state index is -3.66. The van der Waals surface area contributed by atoms with Crippen LogP contribution in [-0.2, 0) is 16.4 Å². The van der Waals surface area contributed by atoms with Crippen molar-refractivity contribution in [1.82, 2.24) is 9.29 Å². The van der Waals surface area contributed by atoms with Gasteiger partial charge in [0.1, 0.15) is 0 Å². The van der Waals surface area contributed by atoms with Crippen molar-refractivity contribution >= 4 is 20.9 Å². The van der Waals surface area contributed by atoms with Gasteiger partial charge in [0.2, 0.25) is 10.0 Å². The van der Waals surface area contributed by atoms with Crippen LogP contribution in [0.15, 0.2) is 65.6 Å². The molecule has 4 nitrogen and oxygen atoms in total. The fourth-order valence-electron chi connectivity index (χ4n) is 4.08. The van der Waals surface area contributed by atoms with Crippen LogP contribution < -0.4 is 0 Å². The number of para-hydroxylation sites is 1. The van der Waals surface area contributed by atoms with E-state index >= 15 is 0 Å². The molecule has 0 amide bonds. The quantitative estimate of drug-likeness (QED) is 0.593. The van der Waals surface area contributed by atoms with Gasteiger partial charge in [-0.3, -0.25) is 0 Å². The number of rotatable bonds is 3. The van der Waals surface area contributed by atoms with Crippen molar-refractivity contribution in [2.45, 2.75) is 45.1 Å². The van der Waals surface area contributed by atoms with Crippen LogP contribution >= 0.6 is 0 Å². The summed E-state index contributed by atoms with van der Waals surface area (Å²) in [6, 6.07) is 14.8. The highest BCUT2D eigenvalue weighted by Crippen LogP contribution is 2.45. The predicted molar refractivity (Wildman–Crippen MR) is 118 cm³/mol. The van der Waals surface area contributed by atoms with Crippen LogP contribution in [0, 0.1) is 12.3 Å². The number of aromatic nitrogens is 1. The molecule has 0 saturated heterocycles. The summed E-state index contributed by atoms with van der Waals surface area (Å²) in [5.41, 5.74) is 4.88. The van der Waals surface area contributed by atoms with Gasteiger partial charge in [-0.2, -0.15) is 4.31 Å². The maximum Gasteiger partial charge on any atom is 0.243 e. The smallest absolute Gasteiger partial charge is 0.243 e. The van der Waals surface area contributed by atoms with E-state index in [1.165, 1.54) is 10.9 Å². The Kier molecular flexibility index (Phi) is 4.71. The van der Waals surface area contributed by atoms with Gasteiger partial charge in [0.15, 0.2) is 0 Å². The molecule has 0 bridgehead atoms. The topological polar surface area (TPSA) is 53.2 Å². The largest absolute Gasteiger partial charge is 0.357 e. The second kappa shape index (κ2) is 6.85. The molecule has 0 fully saturated rings. The van der Waals surface area contributed by atoms with E-state index in [9.17, 15) is 8.42 Å². The van der Waals surface area contributed by atoms with Crippen molar-refractivity contribution < 1.29 is 8.42 Å². The third-order valence-electron chi connectivity index (χ3n) is 5.91. The SMILES string of the molecule is C=C([C@@H]1c2[nH]c3ccccc3c2CCN1S(=O)(=O)c1ccc(C)cc1)C(C)(C)C. The van der Waals surface area contributed by atoms with Crippen molar-refractivity contribution in [3.8, 4) is 0 Å². The monoisotopic (exact) mass is 408 g/mol. The number of nitrogens with one attached hydrogen (secondary N) is 1. The van der Waals surface area contributed by atoms with E-state index in [-0.39, 0.29) is 5.41 Å². The number of benzene rings is 2. The molecule has 152 valence electrons. The zero-order valence-corrected chi connectivity index (χ0v) is 18.3. The summed E-state index contributed by atoms with van der Waals surface area (Å²) in [6.07, 6.45) is 0.679.